The Balaban J connectivity index is 1.21. The molecule has 0 radical (unpaired) electrons. The minimum atomic E-state index is -3.14. The van der Waals surface area contributed by atoms with Crippen LogP contribution in [0, 0.1) is 17.6 Å². The van der Waals surface area contributed by atoms with Gasteiger partial charge in [-0.05, 0) is 18.2 Å². The molecule has 3 aromatic heterocycles. The number of imidazole rings is 1. The average molecular weight is 658 g/mol. The molecule has 12 nitrogen and oxygen atoms in total. The van der Waals surface area contributed by atoms with Crippen molar-refractivity contribution in [3.63, 3.8) is 0 Å². The summed E-state index contributed by atoms with van der Waals surface area (Å²) in [6.45, 7) is 4.27. The summed E-state index contributed by atoms with van der Waals surface area (Å²) in [6, 6.07) is 7.09. The zero-order valence-electron chi connectivity index (χ0n) is 25.6. The molecule has 2 fully saturated rings. The van der Waals surface area contributed by atoms with Gasteiger partial charge in [0.15, 0.2) is 0 Å². The molecular formula is C31H37F2N7O5S. The Hall–Kier alpha value is -3.92. The van der Waals surface area contributed by atoms with Gasteiger partial charge >= 0.3 is 0 Å². The summed E-state index contributed by atoms with van der Waals surface area (Å²) < 4.78 is 72.2. The topological polar surface area (TPSA) is 146 Å². The van der Waals surface area contributed by atoms with E-state index in [-0.39, 0.29) is 53.5 Å². The number of hydrogen-bond acceptors (Lipinski definition) is 11. The van der Waals surface area contributed by atoms with Crippen LogP contribution in [0.5, 0.6) is 5.75 Å². The molecule has 2 aliphatic rings. The van der Waals surface area contributed by atoms with E-state index in [2.05, 4.69) is 25.3 Å². The Morgan fingerprint density at radius 3 is 2.59 bits per heavy atom. The highest BCUT2D eigenvalue weighted by Crippen LogP contribution is 2.33. The first-order valence-electron chi connectivity index (χ1n) is 15.1. The normalized spacial score (nSPS) is 21.1. The summed E-state index contributed by atoms with van der Waals surface area (Å²) in [6.07, 6.45) is 6.97. The van der Waals surface area contributed by atoms with Crippen molar-refractivity contribution in [1.82, 2.24) is 19.6 Å². The SMILES string of the molecule is C[C@H]1CN(c2ccncc2Nc2ncc3ccc(-c4c(F)cc(OC5CCOCC5)cc4F)nn23)C[C@@H](N)[C@H]1OCCS(C)(=O)=O. The predicted molar refractivity (Wildman–Crippen MR) is 169 cm³/mol. The first-order valence-corrected chi connectivity index (χ1v) is 17.2. The molecule has 6 rings (SSSR count). The lowest BCUT2D eigenvalue weighted by molar-refractivity contribution is 0.00183. The molecule has 0 bridgehead atoms. The Labute approximate surface area is 265 Å². The molecule has 0 aliphatic carbocycles. The van der Waals surface area contributed by atoms with Crippen LogP contribution in [-0.2, 0) is 19.3 Å². The smallest absolute Gasteiger partial charge is 0.229 e. The van der Waals surface area contributed by atoms with Gasteiger partial charge in [0.05, 0.1) is 72.2 Å². The number of aromatic nitrogens is 4. The van der Waals surface area contributed by atoms with Crippen LogP contribution in [0.15, 0.2) is 48.9 Å². The zero-order chi connectivity index (χ0) is 32.4. The van der Waals surface area contributed by atoms with E-state index in [0.717, 1.165) is 5.69 Å². The number of sulfone groups is 1. The molecular weight excluding hydrogens is 620 g/mol. The van der Waals surface area contributed by atoms with E-state index in [1.54, 1.807) is 30.7 Å². The molecule has 3 N–H and O–H groups in total. The van der Waals surface area contributed by atoms with Crippen LogP contribution < -0.4 is 20.7 Å². The molecule has 46 heavy (non-hydrogen) atoms. The van der Waals surface area contributed by atoms with E-state index in [1.807, 2.05) is 13.0 Å². The lowest BCUT2D eigenvalue weighted by Crippen LogP contribution is -2.57. The highest BCUT2D eigenvalue weighted by atomic mass is 32.2. The molecule has 0 unspecified atom stereocenters. The number of ether oxygens (including phenoxy) is 3. The van der Waals surface area contributed by atoms with E-state index in [0.29, 0.717) is 56.3 Å². The maximum Gasteiger partial charge on any atom is 0.229 e. The highest BCUT2D eigenvalue weighted by Gasteiger charge is 2.34. The average Bonchev–Trinajstić information content (AvgIpc) is 3.40. The van der Waals surface area contributed by atoms with Gasteiger partial charge in [0.2, 0.25) is 5.95 Å². The molecule has 0 amide bonds. The third-order valence-corrected chi connectivity index (χ3v) is 9.11. The molecule has 0 spiro atoms. The second-order valence-corrected chi connectivity index (χ2v) is 14.1. The zero-order valence-corrected chi connectivity index (χ0v) is 26.4. The number of pyridine rings is 1. The van der Waals surface area contributed by atoms with Gasteiger partial charge in [0.1, 0.15) is 33.3 Å². The van der Waals surface area contributed by atoms with Crippen LogP contribution >= 0.6 is 0 Å². The maximum atomic E-state index is 15.3. The first kappa shape index (κ1) is 32.0. The van der Waals surface area contributed by atoms with E-state index < -0.39 is 21.5 Å². The second-order valence-electron chi connectivity index (χ2n) is 11.9. The summed E-state index contributed by atoms with van der Waals surface area (Å²) in [4.78, 5) is 10.9. The molecule has 2 saturated heterocycles. The molecule has 3 atom stereocenters. The van der Waals surface area contributed by atoms with Crippen LogP contribution in [-0.4, -0.2) is 91.2 Å². The number of benzene rings is 1. The molecule has 246 valence electrons. The van der Waals surface area contributed by atoms with Crippen molar-refractivity contribution >= 4 is 32.7 Å². The maximum absolute atomic E-state index is 15.3. The van der Waals surface area contributed by atoms with Crippen molar-refractivity contribution in [2.24, 2.45) is 11.7 Å². The second kappa shape index (κ2) is 13.4. The van der Waals surface area contributed by atoms with Gasteiger partial charge in [-0.3, -0.25) is 4.98 Å². The van der Waals surface area contributed by atoms with Gasteiger partial charge < -0.3 is 30.2 Å². The van der Waals surface area contributed by atoms with Gasteiger partial charge in [-0.1, -0.05) is 6.92 Å². The van der Waals surface area contributed by atoms with Gasteiger partial charge in [-0.2, -0.15) is 9.61 Å². The number of rotatable bonds is 10. The molecule has 1 aromatic carbocycles. The molecule has 5 heterocycles. The van der Waals surface area contributed by atoms with Gasteiger partial charge in [-0.15, -0.1) is 0 Å². The number of nitrogens with zero attached hydrogens (tertiary/aromatic N) is 5. The van der Waals surface area contributed by atoms with Gasteiger partial charge in [0, 0.05) is 62.5 Å². The Kier molecular flexibility index (Phi) is 9.36. The van der Waals surface area contributed by atoms with Crippen molar-refractivity contribution < 1.29 is 31.4 Å². The minimum absolute atomic E-state index is 0.0130. The predicted octanol–water partition coefficient (Wildman–Crippen LogP) is 3.58. The molecule has 15 heteroatoms. The summed E-state index contributed by atoms with van der Waals surface area (Å²) in [5.74, 6) is -1.17. The van der Waals surface area contributed by atoms with E-state index in [9.17, 15) is 8.42 Å². The highest BCUT2D eigenvalue weighted by molar-refractivity contribution is 7.90. The van der Waals surface area contributed by atoms with Crippen LogP contribution in [0.1, 0.15) is 19.8 Å². The third-order valence-electron chi connectivity index (χ3n) is 8.20. The van der Waals surface area contributed by atoms with E-state index in [4.69, 9.17) is 19.9 Å². The van der Waals surface area contributed by atoms with E-state index in [1.165, 1.54) is 22.9 Å². The van der Waals surface area contributed by atoms with Crippen LogP contribution in [0.25, 0.3) is 16.8 Å². The summed E-state index contributed by atoms with van der Waals surface area (Å²) in [7, 11) is -3.14. The lowest BCUT2D eigenvalue weighted by atomic mass is 9.92. The van der Waals surface area contributed by atoms with Crippen molar-refractivity contribution in [3.05, 3.63) is 60.6 Å². The van der Waals surface area contributed by atoms with Crippen molar-refractivity contribution in [2.45, 2.75) is 38.0 Å². The Morgan fingerprint density at radius 2 is 1.87 bits per heavy atom. The minimum Gasteiger partial charge on any atom is -0.490 e. The molecule has 4 aromatic rings. The van der Waals surface area contributed by atoms with Crippen molar-refractivity contribution in [1.29, 1.82) is 0 Å². The van der Waals surface area contributed by atoms with Crippen molar-refractivity contribution in [2.75, 3.05) is 55.1 Å². The third kappa shape index (κ3) is 7.22. The lowest BCUT2D eigenvalue weighted by Gasteiger charge is -2.42. The standard InChI is InChI=1S/C31H37F2N7O5S/c1-19-17-39(18-25(34)30(19)44-11-12-46(2,41)42)28-5-8-35-16-27(28)37-31-36-15-20-3-4-26(38-40(20)31)29-23(32)13-22(14-24(29)33)45-21-6-9-43-10-7-21/h3-5,8,13-16,19,21,25,30H,6-7,9-12,17-18,34H2,1-2H3,(H,36,37)/t19-,25+,30-/m0/s1. The van der Waals surface area contributed by atoms with Crippen LogP contribution in [0.4, 0.5) is 26.1 Å². The number of nitrogens with two attached hydrogens (primary N) is 1. The number of halogens is 2. The number of hydrogen-bond donors (Lipinski definition) is 2. The number of piperidine rings is 1. The fourth-order valence-electron chi connectivity index (χ4n) is 5.96. The van der Waals surface area contributed by atoms with Gasteiger partial charge in [-0.25, -0.2) is 22.2 Å². The quantitative estimate of drug-likeness (QED) is 0.258. The molecule has 0 saturated carbocycles. The first-order chi connectivity index (χ1) is 22.1. The van der Waals surface area contributed by atoms with Crippen LogP contribution in [0.3, 0.4) is 0 Å². The summed E-state index contributed by atoms with van der Waals surface area (Å²) in [5.41, 5.74) is 8.38. The van der Waals surface area contributed by atoms with Crippen molar-refractivity contribution in [3.8, 4) is 17.0 Å². The van der Waals surface area contributed by atoms with Crippen LogP contribution in [0.2, 0.25) is 0 Å². The fraction of sp³-hybridized carbons (Fsp3) is 0.452. The summed E-state index contributed by atoms with van der Waals surface area (Å²) >= 11 is 0. The Morgan fingerprint density at radius 1 is 1.11 bits per heavy atom. The number of anilines is 3. The Bertz CT molecular complexity index is 1770. The van der Waals surface area contributed by atoms with Gasteiger partial charge in [0.25, 0.3) is 0 Å². The number of nitrogens with one attached hydrogen (secondary N) is 1. The molecule has 2 aliphatic heterocycles. The monoisotopic (exact) mass is 657 g/mol. The number of fused-ring (bicyclic) bond motifs is 1. The summed E-state index contributed by atoms with van der Waals surface area (Å²) in [5, 5.41) is 7.81. The largest absolute Gasteiger partial charge is 0.490 e. The fourth-order valence-corrected chi connectivity index (χ4v) is 6.36. The van der Waals surface area contributed by atoms with E-state index >= 15 is 8.78 Å².